The fourth-order valence-corrected chi connectivity index (χ4v) is 2.03. The molecule has 0 aliphatic heterocycles. The van der Waals surface area contributed by atoms with Gasteiger partial charge in [-0.25, -0.2) is 9.97 Å². The lowest BCUT2D eigenvalue weighted by molar-refractivity contribution is -0.0301. The number of aliphatic hydroxyl groups is 1. The molecule has 2 aromatic rings. The van der Waals surface area contributed by atoms with E-state index in [-0.39, 0.29) is 0 Å². The third kappa shape index (κ3) is 1.99. The highest BCUT2D eigenvalue weighted by atomic mass is 16.3. The number of hydrogen-bond donors (Lipinski definition) is 1. The summed E-state index contributed by atoms with van der Waals surface area (Å²) in [6.07, 6.45) is 6.39. The fourth-order valence-electron chi connectivity index (χ4n) is 2.03. The van der Waals surface area contributed by atoms with Crippen molar-refractivity contribution in [3.63, 3.8) is 0 Å². The SMILES string of the molecule is CC(C)(C)C(O)(c1cncnc1)c1ccccn1. The van der Waals surface area contributed by atoms with Gasteiger partial charge in [-0.2, -0.15) is 0 Å². The Hall–Kier alpha value is -1.81. The summed E-state index contributed by atoms with van der Waals surface area (Å²) in [7, 11) is 0. The first kappa shape index (κ1) is 12.6. The summed E-state index contributed by atoms with van der Waals surface area (Å²) in [5.41, 5.74) is -0.384. The Bertz CT molecular complexity index is 466. The van der Waals surface area contributed by atoms with Crippen LogP contribution in [0.1, 0.15) is 32.0 Å². The second-order valence-corrected chi connectivity index (χ2v) is 5.30. The van der Waals surface area contributed by atoms with Gasteiger partial charge in [0.25, 0.3) is 0 Å². The molecule has 0 radical (unpaired) electrons. The Morgan fingerprint density at radius 2 is 1.72 bits per heavy atom. The molecule has 0 aliphatic carbocycles. The summed E-state index contributed by atoms with van der Waals surface area (Å²) in [5, 5.41) is 11.1. The molecule has 0 saturated carbocycles. The molecule has 1 unspecified atom stereocenters. The molecule has 0 aliphatic rings. The second kappa shape index (κ2) is 4.46. The van der Waals surface area contributed by atoms with Crippen LogP contribution in [0.5, 0.6) is 0 Å². The van der Waals surface area contributed by atoms with Gasteiger partial charge in [0, 0.05) is 29.6 Å². The summed E-state index contributed by atoms with van der Waals surface area (Å²) in [4.78, 5) is 12.3. The summed E-state index contributed by atoms with van der Waals surface area (Å²) in [6, 6.07) is 5.51. The van der Waals surface area contributed by atoms with Crippen LogP contribution in [0, 0.1) is 5.41 Å². The predicted octanol–water partition coefficient (Wildman–Crippen LogP) is 2.15. The molecule has 2 rings (SSSR count). The van der Waals surface area contributed by atoms with Crippen molar-refractivity contribution in [1.29, 1.82) is 0 Å². The zero-order valence-electron chi connectivity index (χ0n) is 10.8. The number of nitrogens with zero attached hydrogens (tertiary/aromatic N) is 3. The average Bonchev–Trinajstić information content (AvgIpc) is 2.38. The van der Waals surface area contributed by atoms with Crippen molar-refractivity contribution >= 4 is 0 Å². The standard InChI is InChI=1S/C14H17N3O/c1-13(2,3)14(18,11-8-15-10-16-9-11)12-6-4-5-7-17-12/h4-10,18H,1-3H3. The van der Waals surface area contributed by atoms with Gasteiger partial charge in [0.15, 0.2) is 0 Å². The Morgan fingerprint density at radius 3 is 2.22 bits per heavy atom. The van der Waals surface area contributed by atoms with Crippen molar-refractivity contribution in [3.05, 3.63) is 54.4 Å². The van der Waals surface area contributed by atoms with Crippen LogP contribution >= 0.6 is 0 Å². The van der Waals surface area contributed by atoms with Gasteiger partial charge < -0.3 is 5.11 Å². The third-order valence-electron chi connectivity index (χ3n) is 3.10. The Morgan fingerprint density at radius 1 is 1.06 bits per heavy atom. The van der Waals surface area contributed by atoms with E-state index < -0.39 is 11.0 Å². The molecular weight excluding hydrogens is 226 g/mol. The third-order valence-corrected chi connectivity index (χ3v) is 3.10. The van der Waals surface area contributed by atoms with E-state index >= 15 is 0 Å². The van der Waals surface area contributed by atoms with E-state index in [1.807, 2.05) is 39.0 Å². The first-order valence-corrected chi connectivity index (χ1v) is 5.85. The van der Waals surface area contributed by atoms with Crippen molar-refractivity contribution in [2.75, 3.05) is 0 Å². The molecule has 2 aromatic heterocycles. The maximum absolute atomic E-state index is 11.1. The highest BCUT2D eigenvalue weighted by Crippen LogP contribution is 2.43. The smallest absolute Gasteiger partial charge is 0.139 e. The van der Waals surface area contributed by atoms with Crippen LogP contribution in [0.25, 0.3) is 0 Å². The van der Waals surface area contributed by atoms with Gasteiger partial charge in [-0.1, -0.05) is 26.8 Å². The van der Waals surface area contributed by atoms with Crippen LogP contribution in [0.3, 0.4) is 0 Å². The maximum Gasteiger partial charge on any atom is 0.139 e. The molecule has 2 heterocycles. The van der Waals surface area contributed by atoms with Gasteiger partial charge >= 0.3 is 0 Å². The van der Waals surface area contributed by atoms with Crippen molar-refractivity contribution < 1.29 is 5.11 Å². The van der Waals surface area contributed by atoms with Crippen LogP contribution in [-0.4, -0.2) is 20.1 Å². The number of pyridine rings is 1. The van der Waals surface area contributed by atoms with E-state index in [2.05, 4.69) is 15.0 Å². The van der Waals surface area contributed by atoms with Gasteiger partial charge in [-0.15, -0.1) is 0 Å². The molecule has 0 saturated heterocycles. The van der Waals surface area contributed by atoms with Gasteiger partial charge in [0.1, 0.15) is 11.9 Å². The van der Waals surface area contributed by atoms with E-state index in [0.717, 1.165) is 0 Å². The largest absolute Gasteiger partial charge is 0.378 e. The van der Waals surface area contributed by atoms with Crippen molar-refractivity contribution in [2.24, 2.45) is 5.41 Å². The minimum absolute atomic E-state index is 0.425. The predicted molar refractivity (Wildman–Crippen MR) is 68.7 cm³/mol. The van der Waals surface area contributed by atoms with Gasteiger partial charge in [0.2, 0.25) is 0 Å². The molecular formula is C14H17N3O. The Kier molecular flexibility index (Phi) is 3.13. The van der Waals surface area contributed by atoms with Gasteiger partial charge in [0.05, 0.1) is 5.69 Å². The molecule has 18 heavy (non-hydrogen) atoms. The molecule has 1 N–H and O–H groups in total. The van der Waals surface area contributed by atoms with Crippen LogP contribution in [0.15, 0.2) is 43.1 Å². The zero-order valence-corrected chi connectivity index (χ0v) is 10.8. The Labute approximate surface area is 107 Å². The average molecular weight is 243 g/mol. The minimum atomic E-state index is -1.21. The van der Waals surface area contributed by atoms with Crippen LogP contribution < -0.4 is 0 Å². The molecule has 4 heteroatoms. The van der Waals surface area contributed by atoms with Gasteiger partial charge in [-0.3, -0.25) is 4.98 Å². The highest BCUT2D eigenvalue weighted by Gasteiger charge is 2.44. The molecule has 4 nitrogen and oxygen atoms in total. The number of aromatic nitrogens is 3. The molecule has 0 aromatic carbocycles. The molecule has 0 fully saturated rings. The molecule has 0 amide bonds. The zero-order chi connectivity index (χ0) is 13.2. The summed E-state index contributed by atoms with van der Waals surface area (Å²) in [6.45, 7) is 5.90. The molecule has 0 bridgehead atoms. The molecule has 1 atom stereocenters. The summed E-state index contributed by atoms with van der Waals surface area (Å²) < 4.78 is 0. The van der Waals surface area contributed by atoms with E-state index in [1.165, 1.54) is 6.33 Å². The van der Waals surface area contributed by atoms with Crippen LogP contribution in [-0.2, 0) is 5.60 Å². The lowest BCUT2D eigenvalue weighted by Gasteiger charge is -2.39. The van der Waals surface area contributed by atoms with E-state index in [9.17, 15) is 5.11 Å². The molecule has 94 valence electrons. The van der Waals surface area contributed by atoms with E-state index in [4.69, 9.17) is 0 Å². The highest BCUT2D eigenvalue weighted by molar-refractivity contribution is 5.31. The fraction of sp³-hybridized carbons (Fsp3) is 0.357. The topological polar surface area (TPSA) is 58.9 Å². The summed E-state index contributed by atoms with van der Waals surface area (Å²) >= 11 is 0. The number of rotatable bonds is 2. The quantitative estimate of drug-likeness (QED) is 0.878. The van der Waals surface area contributed by atoms with Crippen molar-refractivity contribution in [2.45, 2.75) is 26.4 Å². The van der Waals surface area contributed by atoms with Gasteiger partial charge in [-0.05, 0) is 12.1 Å². The Balaban J connectivity index is 2.63. The van der Waals surface area contributed by atoms with E-state index in [0.29, 0.717) is 11.3 Å². The minimum Gasteiger partial charge on any atom is -0.378 e. The maximum atomic E-state index is 11.1. The van der Waals surface area contributed by atoms with Crippen molar-refractivity contribution in [1.82, 2.24) is 15.0 Å². The normalized spacial score (nSPS) is 15.1. The molecule has 0 spiro atoms. The summed E-state index contributed by atoms with van der Waals surface area (Å²) in [5.74, 6) is 0. The van der Waals surface area contributed by atoms with Crippen LogP contribution in [0.4, 0.5) is 0 Å². The first-order valence-electron chi connectivity index (χ1n) is 5.85. The lowest BCUT2D eigenvalue weighted by atomic mass is 9.71. The lowest BCUT2D eigenvalue weighted by Crippen LogP contribution is -2.42. The van der Waals surface area contributed by atoms with Crippen LogP contribution in [0.2, 0.25) is 0 Å². The first-order chi connectivity index (χ1) is 8.46. The second-order valence-electron chi connectivity index (χ2n) is 5.30. The monoisotopic (exact) mass is 243 g/mol. The number of hydrogen-bond acceptors (Lipinski definition) is 4. The van der Waals surface area contributed by atoms with E-state index in [1.54, 1.807) is 18.6 Å². The van der Waals surface area contributed by atoms with Crippen molar-refractivity contribution in [3.8, 4) is 0 Å².